The largest absolute Gasteiger partial charge is 0.494 e. The van der Waals surface area contributed by atoms with Gasteiger partial charge in [-0.25, -0.2) is 19.7 Å². The van der Waals surface area contributed by atoms with Crippen molar-refractivity contribution in [2.45, 2.75) is 20.0 Å². The Morgan fingerprint density at radius 3 is 2.38 bits per heavy atom. The van der Waals surface area contributed by atoms with Gasteiger partial charge in [0.2, 0.25) is 5.95 Å². The maximum Gasteiger partial charge on any atom is 0.342 e. The lowest BCUT2D eigenvalue weighted by molar-refractivity contribution is -0.384. The number of nitro groups is 1. The highest BCUT2D eigenvalue weighted by atomic mass is 16.6. The molecule has 42 heavy (non-hydrogen) atoms. The summed E-state index contributed by atoms with van der Waals surface area (Å²) in [4.78, 5) is 53.3. The second-order valence-electron chi connectivity index (χ2n) is 9.79. The lowest BCUT2D eigenvalue weighted by Crippen LogP contribution is -2.29. The zero-order valence-electron chi connectivity index (χ0n) is 24.6. The molecule has 1 amide bonds. The number of hydrogen-bond donors (Lipinski definition) is 3. The summed E-state index contributed by atoms with van der Waals surface area (Å²) < 4.78 is 10.9. The second-order valence-corrected chi connectivity index (χ2v) is 9.79. The zero-order valence-corrected chi connectivity index (χ0v) is 24.6. The van der Waals surface area contributed by atoms with E-state index in [0.717, 1.165) is 0 Å². The van der Waals surface area contributed by atoms with Gasteiger partial charge in [0.25, 0.3) is 11.6 Å². The molecule has 0 atom stereocenters. The van der Waals surface area contributed by atoms with Gasteiger partial charge in [-0.15, -0.1) is 0 Å². The highest BCUT2D eigenvalue weighted by molar-refractivity contribution is 6.00. The minimum atomic E-state index is -0.736. The molecule has 0 saturated heterocycles. The lowest BCUT2D eigenvalue weighted by Gasteiger charge is -2.23. The number of aromatic nitrogens is 3. The molecule has 0 fully saturated rings. The Labute approximate surface area is 243 Å². The van der Waals surface area contributed by atoms with Crippen LogP contribution in [0.3, 0.4) is 0 Å². The van der Waals surface area contributed by atoms with Crippen LogP contribution < -0.4 is 26.0 Å². The van der Waals surface area contributed by atoms with Crippen LogP contribution in [-0.4, -0.2) is 91.1 Å². The van der Waals surface area contributed by atoms with E-state index in [-0.39, 0.29) is 40.0 Å². The molecule has 0 radical (unpaired) electrons. The van der Waals surface area contributed by atoms with E-state index < -0.39 is 22.9 Å². The Kier molecular flexibility index (Phi) is 10.1. The van der Waals surface area contributed by atoms with Crippen LogP contribution in [0.25, 0.3) is 11.3 Å². The van der Waals surface area contributed by atoms with E-state index in [0.29, 0.717) is 30.1 Å². The first-order valence-electron chi connectivity index (χ1n) is 12.9. The number of ether oxygens (including phenoxy) is 2. The first-order valence-corrected chi connectivity index (χ1v) is 12.9. The van der Waals surface area contributed by atoms with Gasteiger partial charge >= 0.3 is 5.97 Å². The molecule has 0 spiro atoms. The molecule has 0 aliphatic heterocycles. The number of anilines is 4. The lowest BCUT2D eigenvalue weighted by atomic mass is 10.1. The monoisotopic (exact) mass is 581 g/mol. The molecule has 4 N–H and O–H groups in total. The van der Waals surface area contributed by atoms with E-state index in [1.807, 2.05) is 19.0 Å². The summed E-state index contributed by atoms with van der Waals surface area (Å²) in [6, 6.07) is 4.34. The van der Waals surface area contributed by atoms with Gasteiger partial charge in [-0.1, -0.05) is 0 Å². The van der Waals surface area contributed by atoms with Crippen LogP contribution in [-0.2, 0) is 4.74 Å². The Morgan fingerprint density at radius 1 is 1.10 bits per heavy atom. The topological polar surface area (TPSA) is 191 Å². The van der Waals surface area contributed by atoms with E-state index >= 15 is 0 Å². The maximum absolute atomic E-state index is 12.9. The number of nitro benzene ring substituents is 1. The molecule has 2 aromatic heterocycles. The fraction of sp³-hybridized carbons (Fsp3) is 0.370. The fourth-order valence-electron chi connectivity index (χ4n) is 3.94. The van der Waals surface area contributed by atoms with Crippen LogP contribution in [0.4, 0.5) is 28.8 Å². The van der Waals surface area contributed by atoms with Crippen molar-refractivity contribution in [1.29, 1.82) is 0 Å². The number of likely N-dealkylation sites (N-methyl/N-ethyl adjacent to an activating group) is 2. The third kappa shape index (κ3) is 7.37. The van der Waals surface area contributed by atoms with Gasteiger partial charge in [0.1, 0.15) is 22.8 Å². The van der Waals surface area contributed by atoms with Crippen molar-refractivity contribution in [3.05, 3.63) is 51.8 Å². The molecule has 2 heterocycles. The first kappa shape index (κ1) is 31.5. The third-order valence-electron chi connectivity index (χ3n) is 6.05. The first-order chi connectivity index (χ1) is 19.9. The number of rotatable bonds is 13. The van der Waals surface area contributed by atoms with Crippen molar-refractivity contribution in [2.24, 2.45) is 5.73 Å². The molecule has 15 nitrogen and oxygen atoms in total. The Bertz CT molecular complexity index is 1480. The minimum Gasteiger partial charge on any atom is -0.494 e. The number of esters is 1. The summed E-state index contributed by atoms with van der Waals surface area (Å²) in [5.74, 6) is -0.886. The van der Waals surface area contributed by atoms with Gasteiger partial charge in [0, 0.05) is 57.3 Å². The number of nitrogens with one attached hydrogen (secondary N) is 2. The van der Waals surface area contributed by atoms with Crippen molar-refractivity contribution in [1.82, 2.24) is 19.9 Å². The van der Waals surface area contributed by atoms with Crippen LogP contribution in [0.1, 0.15) is 34.6 Å². The van der Waals surface area contributed by atoms with Gasteiger partial charge in [-0.3, -0.25) is 14.9 Å². The maximum atomic E-state index is 12.9. The smallest absolute Gasteiger partial charge is 0.342 e. The minimum absolute atomic E-state index is 0.00859. The Morgan fingerprint density at radius 2 is 1.81 bits per heavy atom. The molecule has 0 aliphatic rings. The van der Waals surface area contributed by atoms with Crippen LogP contribution in [0.5, 0.6) is 5.75 Å². The molecule has 15 heteroatoms. The highest BCUT2D eigenvalue weighted by Gasteiger charge is 2.24. The normalized spacial score (nSPS) is 10.9. The van der Waals surface area contributed by atoms with Crippen LogP contribution in [0.15, 0.2) is 30.6 Å². The van der Waals surface area contributed by atoms with E-state index in [1.54, 1.807) is 38.9 Å². The summed E-state index contributed by atoms with van der Waals surface area (Å²) in [7, 11) is 8.62. The van der Waals surface area contributed by atoms with E-state index in [9.17, 15) is 19.7 Å². The number of hydrogen-bond acceptors (Lipinski definition) is 13. The van der Waals surface area contributed by atoms with E-state index in [1.165, 1.54) is 31.6 Å². The number of carbonyl (C=O) groups excluding carboxylic acids is 2. The molecule has 224 valence electrons. The Balaban J connectivity index is 2.13. The molecule has 0 saturated carbocycles. The molecule has 0 bridgehead atoms. The molecule has 3 rings (SSSR count). The van der Waals surface area contributed by atoms with Crippen LogP contribution in [0, 0.1) is 10.1 Å². The number of nitrogens with zero attached hydrogens (tertiary/aromatic N) is 6. The molecule has 0 aliphatic carbocycles. The standard InChI is InChI=1S/C27H35N9O6/c1-15(2)42-26(38)18-14-31-27(33-23(18)16-10-17(24(28)37)25(29-3)30-13-16)32-19-11-21(36(39)40)20(12-22(19)41-7)35(6)9-8-34(4)5/h10-15H,8-9H2,1-7H3,(H2,28,37)(H,29,30)(H,31,32,33). The Hall–Kier alpha value is -5.05. The van der Waals surface area contributed by atoms with E-state index in [4.69, 9.17) is 15.2 Å². The number of pyridine rings is 1. The fourth-order valence-corrected chi connectivity index (χ4v) is 3.94. The van der Waals surface area contributed by atoms with Gasteiger partial charge in [-0.2, -0.15) is 0 Å². The van der Waals surface area contributed by atoms with Crippen molar-refractivity contribution < 1.29 is 24.0 Å². The SMILES string of the molecule is CNc1ncc(-c2nc(Nc3cc([N+](=O)[O-])c(N(C)CCN(C)C)cc3OC)ncc2C(=O)OC(C)C)cc1C(N)=O. The van der Waals surface area contributed by atoms with Gasteiger partial charge in [0.05, 0.1) is 35.1 Å². The van der Waals surface area contributed by atoms with Crippen molar-refractivity contribution in [3.8, 4) is 17.0 Å². The number of primary amides is 1. The summed E-state index contributed by atoms with van der Waals surface area (Å²) in [6.07, 6.45) is 2.25. The highest BCUT2D eigenvalue weighted by Crippen LogP contribution is 2.39. The number of nitrogens with two attached hydrogens (primary N) is 1. The van der Waals surface area contributed by atoms with Gasteiger partial charge in [0.15, 0.2) is 0 Å². The summed E-state index contributed by atoms with van der Waals surface area (Å²) in [5.41, 5.74) is 6.46. The second kappa shape index (κ2) is 13.5. The zero-order chi connectivity index (χ0) is 31.1. The number of carbonyl (C=O) groups is 2. The summed E-state index contributed by atoms with van der Waals surface area (Å²) in [5, 5.41) is 17.8. The van der Waals surface area contributed by atoms with Gasteiger partial charge in [-0.05, 0) is 34.0 Å². The number of methoxy groups -OCH3 is 1. The molecular formula is C27H35N9O6. The van der Waals surface area contributed by atoms with E-state index in [2.05, 4.69) is 25.6 Å². The van der Waals surface area contributed by atoms with Crippen molar-refractivity contribution in [2.75, 3.05) is 63.9 Å². The predicted molar refractivity (Wildman–Crippen MR) is 159 cm³/mol. The van der Waals surface area contributed by atoms with Crippen molar-refractivity contribution in [3.63, 3.8) is 0 Å². The average molecular weight is 582 g/mol. The third-order valence-corrected chi connectivity index (χ3v) is 6.05. The molecule has 0 unspecified atom stereocenters. The molecule has 1 aromatic carbocycles. The molecule has 3 aromatic rings. The summed E-state index contributed by atoms with van der Waals surface area (Å²) >= 11 is 0. The molecular weight excluding hydrogens is 546 g/mol. The number of amides is 1. The van der Waals surface area contributed by atoms with Gasteiger partial charge < -0.3 is 35.6 Å². The summed E-state index contributed by atoms with van der Waals surface area (Å²) in [6.45, 7) is 4.62. The average Bonchev–Trinajstić information content (AvgIpc) is 2.94. The number of benzene rings is 1. The van der Waals surface area contributed by atoms with Crippen LogP contribution in [0.2, 0.25) is 0 Å². The quantitative estimate of drug-likeness (QED) is 0.152. The van der Waals surface area contributed by atoms with Crippen molar-refractivity contribution >= 4 is 40.7 Å². The van der Waals surface area contributed by atoms with Crippen LogP contribution >= 0.6 is 0 Å². The predicted octanol–water partition coefficient (Wildman–Crippen LogP) is 2.90.